The molecule has 2 aromatic rings. The summed E-state index contributed by atoms with van der Waals surface area (Å²) < 4.78 is 24.8. The number of rotatable bonds is 11. The smallest absolute Gasteiger partial charge is 0.348 e. The maximum absolute atomic E-state index is 14.4. The van der Waals surface area contributed by atoms with Crippen LogP contribution in [0.3, 0.4) is 0 Å². The molecule has 2 aromatic carbocycles. The maximum Gasteiger partial charge on any atom is 0.348 e. The highest BCUT2D eigenvalue weighted by molar-refractivity contribution is 5.86. The fourth-order valence-electron chi connectivity index (χ4n) is 8.21. The summed E-state index contributed by atoms with van der Waals surface area (Å²) in [6.07, 6.45) is 6.94. The van der Waals surface area contributed by atoms with Gasteiger partial charge in [0.25, 0.3) is 0 Å². The summed E-state index contributed by atoms with van der Waals surface area (Å²) >= 11 is 0. The zero-order valence-corrected chi connectivity index (χ0v) is 25.7. The molecular weight excluding hydrogens is 560 g/mol. The van der Waals surface area contributed by atoms with Gasteiger partial charge in [0.05, 0.1) is 38.0 Å². The summed E-state index contributed by atoms with van der Waals surface area (Å²) in [4.78, 5) is 41.4. The number of esters is 3. The van der Waals surface area contributed by atoms with E-state index in [2.05, 4.69) is 4.90 Å². The fraction of sp³-hybridized carbons (Fsp3) is 0.571. The normalized spacial score (nSPS) is 26.0. The predicted molar refractivity (Wildman–Crippen MR) is 162 cm³/mol. The molecule has 3 atom stereocenters. The van der Waals surface area contributed by atoms with Crippen molar-refractivity contribution in [2.45, 2.75) is 87.7 Å². The zero-order valence-electron chi connectivity index (χ0n) is 25.7. The summed E-state index contributed by atoms with van der Waals surface area (Å²) in [7, 11) is 1.98. The third-order valence-electron chi connectivity index (χ3n) is 10.4. The molecule has 4 fully saturated rings. The third kappa shape index (κ3) is 6.28. The van der Waals surface area contributed by atoms with Crippen LogP contribution in [0, 0.1) is 0 Å². The molecule has 6 rings (SSSR count). The SMILES string of the molecule is CN1CCC(OC(=O)CCC(=O)OCOC(C(=O)OC2CC3CCC(C2)[N+]32CCCC2)(c2ccccc2)c2ccccc2)C1. The van der Waals surface area contributed by atoms with E-state index in [0.717, 1.165) is 25.8 Å². The van der Waals surface area contributed by atoms with Crippen molar-refractivity contribution in [3.8, 4) is 0 Å². The molecule has 4 aliphatic rings. The highest BCUT2D eigenvalue weighted by Gasteiger charge is 2.57. The molecule has 4 heterocycles. The van der Waals surface area contributed by atoms with Crippen LogP contribution in [0.1, 0.15) is 68.9 Å². The molecule has 0 saturated carbocycles. The van der Waals surface area contributed by atoms with Gasteiger partial charge in [0.2, 0.25) is 5.60 Å². The number of hydrogen-bond acceptors (Lipinski definition) is 8. The van der Waals surface area contributed by atoms with E-state index in [1.807, 2.05) is 67.7 Å². The summed E-state index contributed by atoms with van der Waals surface area (Å²) in [5.74, 6) is -1.53. The standard InChI is InChI=1S/C35H45N2O7/c1-36-19-18-30(24-36)43-33(39)17-16-32(38)41-25-42-35(26-10-4-2-5-11-26,27-12-6-3-7-13-27)34(40)44-31-22-28-14-15-29(23-31)37(28)20-8-9-21-37/h2-7,10-13,28-31H,8-9,14-25H2,1H3/q+1. The lowest BCUT2D eigenvalue weighted by Gasteiger charge is -2.47. The lowest BCUT2D eigenvalue weighted by atomic mass is 9.85. The van der Waals surface area contributed by atoms with Gasteiger partial charge in [-0.1, -0.05) is 60.7 Å². The van der Waals surface area contributed by atoms with Crippen LogP contribution < -0.4 is 0 Å². The Hall–Kier alpha value is -3.27. The number of benzene rings is 2. The van der Waals surface area contributed by atoms with E-state index in [9.17, 15) is 14.4 Å². The molecule has 9 heteroatoms. The van der Waals surface area contributed by atoms with Crippen LogP contribution in [0.15, 0.2) is 60.7 Å². The average Bonchev–Trinajstić information content (AvgIpc) is 3.73. The van der Waals surface area contributed by atoms with Gasteiger partial charge in [-0.15, -0.1) is 0 Å². The number of likely N-dealkylation sites (tertiary alicyclic amines) is 1. The number of nitrogens with zero attached hydrogens (tertiary/aromatic N) is 2. The Labute approximate surface area is 260 Å². The van der Waals surface area contributed by atoms with Gasteiger partial charge in [0.15, 0.2) is 6.79 Å². The summed E-state index contributed by atoms with van der Waals surface area (Å²) in [6.45, 7) is 3.60. The van der Waals surface area contributed by atoms with Gasteiger partial charge in [0, 0.05) is 51.6 Å². The van der Waals surface area contributed by atoms with Crippen molar-refractivity contribution in [1.82, 2.24) is 4.90 Å². The largest absolute Gasteiger partial charge is 0.461 e. The molecule has 236 valence electrons. The first-order valence-corrected chi connectivity index (χ1v) is 16.3. The number of carbonyl (C=O) groups is 3. The first-order valence-electron chi connectivity index (χ1n) is 16.3. The summed E-state index contributed by atoms with van der Waals surface area (Å²) in [6, 6.07) is 19.6. The molecule has 4 aliphatic heterocycles. The number of ether oxygens (including phenoxy) is 4. The van der Waals surface area contributed by atoms with Gasteiger partial charge in [-0.05, 0) is 24.6 Å². The minimum absolute atomic E-state index is 0.0758. The van der Waals surface area contributed by atoms with Gasteiger partial charge in [-0.25, -0.2) is 4.79 Å². The monoisotopic (exact) mass is 605 g/mol. The van der Waals surface area contributed by atoms with Gasteiger partial charge in [-0.2, -0.15) is 0 Å². The molecule has 44 heavy (non-hydrogen) atoms. The van der Waals surface area contributed by atoms with Gasteiger partial charge in [-0.3, -0.25) is 9.59 Å². The molecule has 1 spiro atoms. The van der Waals surface area contributed by atoms with Crippen molar-refractivity contribution in [2.75, 3.05) is 40.0 Å². The van der Waals surface area contributed by atoms with Crippen molar-refractivity contribution in [3.05, 3.63) is 71.8 Å². The number of quaternary nitrogens is 1. The Kier molecular flexibility index (Phi) is 9.35. The lowest BCUT2D eigenvalue weighted by molar-refractivity contribution is -0.956. The molecule has 2 bridgehead atoms. The number of likely N-dealkylation sites (N-methyl/N-ethyl adjacent to an activating group) is 1. The first kappa shape index (κ1) is 30.7. The van der Waals surface area contributed by atoms with Crippen LogP contribution in [-0.2, 0) is 38.9 Å². The van der Waals surface area contributed by atoms with Crippen LogP contribution >= 0.6 is 0 Å². The first-order chi connectivity index (χ1) is 21.4. The molecule has 0 N–H and O–H groups in total. The lowest BCUT2D eigenvalue weighted by Crippen LogP contribution is -2.60. The van der Waals surface area contributed by atoms with Crippen molar-refractivity contribution in [1.29, 1.82) is 0 Å². The second kappa shape index (κ2) is 13.4. The second-order valence-electron chi connectivity index (χ2n) is 13.0. The van der Waals surface area contributed by atoms with Gasteiger partial charge >= 0.3 is 17.9 Å². The molecule has 4 saturated heterocycles. The van der Waals surface area contributed by atoms with E-state index >= 15 is 0 Å². The predicted octanol–water partition coefficient (Wildman–Crippen LogP) is 4.32. The fourth-order valence-corrected chi connectivity index (χ4v) is 8.21. The van der Waals surface area contributed by atoms with Gasteiger partial charge < -0.3 is 28.3 Å². The number of hydrogen-bond donors (Lipinski definition) is 0. The average molecular weight is 606 g/mol. The van der Waals surface area contributed by atoms with Crippen LogP contribution in [-0.4, -0.2) is 91.6 Å². The van der Waals surface area contributed by atoms with E-state index in [4.69, 9.17) is 18.9 Å². The Morgan fingerprint density at radius 1 is 0.795 bits per heavy atom. The molecule has 0 radical (unpaired) electrons. The number of carbonyl (C=O) groups excluding carboxylic acids is 3. The van der Waals surface area contributed by atoms with Crippen LogP contribution in [0.4, 0.5) is 0 Å². The van der Waals surface area contributed by atoms with Crippen LogP contribution in [0.25, 0.3) is 0 Å². The highest BCUT2D eigenvalue weighted by atomic mass is 16.7. The Balaban J connectivity index is 1.14. The minimum Gasteiger partial charge on any atom is -0.461 e. The topological polar surface area (TPSA) is 91.4 Å². The van der Waals surface area contributed by atoms with E-state index in [1.54, 1.807) is 0 Å². The quantitative estimate of drug-likeness (QED) is 0.162. The molecular formula is C35H45N2O7+. The summed E-state index contributed by atoms with van der Waals surface area (Å²) in [5.41, 5.74) is -0.439. The van der Waals surface area contributed by atoms with Crippen molar-refractivity contribution in [2.24, 2.45) is 0 Å². The highest BCUT2D eigenvalue weighted by Crippen LogP contribution is 2.47. The van der Waals surface area contributed by atoms with E-state index in [0.29, 0.717) is 29.8 Å². The summed E-state index contributed by atoms with van der Waals surface area (Å²) in [5, 5.41) is 0. The Morgan fingerprint density at radius 3 is 1.95 bits per heavy atom. The molecule has 9 nitrogen and oxygen atoms in total. The Bertz CT molecular complexity index is 1240. The van der Waals surface area contributed by atoms with Crippen LogP contribution in [0.5, 0.6) is 0 Å². The van der Waals surface area contributed by atoms with E-state index in [1.165, 1.54) is 43.3 Å². The van der Waals surface area contributed by atoms with E-state index < -0.39 is 30.3 Å². The zero-order chi connectivity index (χ0) is 30.6. The van der Waals surface area contributed by atoms with Crippen LogP contribution in [0.2, 0.25) is 0 Å². The Morgan fingerprint density at radius 2 is 1.39 bits per heavy atom. The second-order valence-corrected chi connectivity index (χ2v) is 13.0. The minimum atomic E-state index is -1.63. The van der Waals surface area contributed by atoms with Crippen molar-refractivity contribution >= 4 is 17.9 Å². The molecule has 0 aliphatic carbocycles. The van der Waals surface area contributed by atoms with Gasteiger partial charge in [0.1, 0.15) is 12.2 Å². The number of piperidine rings is 1. The van der Waals surface area contributed by atoms with Crippen molar-refractivity contribution < 1.29 is 37.8 Å². The van der Waals surface area contributed by atoms with Crippen molar-refractivity contribution in [3.63, 3.8) is 0 Å². The molecule has 0 amide bonds. The molecule has 3 unspecified atom stereocenters. The third-order valence-corrected chi connectivity index (χ3v) is 10.4. The van der Waals surface area contributed by atoms with E-state index in [-0.39, 0.29) is 25.0 Å². The molecule has 0 aromatic heterocycles. The maximum atomic E-state index is 14.4.